The molecule has 4 aromatic rings. The second-order valence-corrected chi connectivity index (χ2v) is 6.36. The van der Waals surface area contributed by atoms with Crippen molar-refractivity contribution in [3.63, 3.8) is 0 Å². The fourth-order valence-corrected chi connectivity index (χ4v) is 2.83. The molecule has 0 aliphatic carbocycles. The molecule has 0 saturated heterocycles. The molecule has 0 radical (unpaired) electrons. The van der Waals surface area contributed by atoms with Gasteiger partial charge in [0.2, 0.25) is 5.95 Å². The second-order valence-electron chi connectivity index (χ2n) is 6.36. The molecule has 134 valence electrons. The van der Waals surface area contributed by atoms with Crippen LogP contribution in [0.25, 0.3) is 16.9 Å². The summed E-state index contributed by atoms with van der Waals surface area (Å²) < 4.78 is 15.3. The van der Waals surface area contributed by atoms with Gasteiger partial charge in [0, 0.05) is 17.0 Å². The Kier molecular flexibility index (Phi) is 4.38. The van der Waals surface area contributed by atoms with E-state index >= 15 is 0 Å². The molecule has 27 heavy (non-hydrogen) atoms. The number of aliphatic imine (C=N–C) groups is 1. The highest BCUT2D eigenvalue weighted by molar-refractivity contribution is 5.82. The smallest absolute Gasteiger partial charge is 0.247 e. The molecule has 0 atom stereocenters. The van der Waals surface area contributed by atoms with E-state index < -0.39 is 0 Å². The molecule has 0 aliphatic heterocycles. The Morgan fingerprint density at radius 2 is 1.78 bits per heavy atom. The monoisotopic (exact) mass is 359 g/mol. The summed E-state index contributed by atoms with van der Waals surface area (Å²) in [6.07, 6.45) is 0. The van der Waals surface area contributed by atoms with E-state index in [1.54, 1.807) is 10.6 Å². The van der Waals surface area contributed by atoms with E-state index in [1.165, 1.54) is 12.1 Å². The summed E-state index contributed by atoms with van der Waals surface area (Å²) in [5.74, 6) is 0.190. The zero-order valence-corrected chi connectivity index (χ0v) is 15.0. The predicted molar refractivity (Wildman–Crippen MR) is 107 cm³/mol. The third-order valence-corrected chi connectivity index (χ3v) is 3.96. The minimum Gasteiger partial charge on any atom is -0.323 e. The van der Waals surface area contributed by atoms with Crippen molar-refractivity contribution in [2.75, 3.05) is 5.32 Å². The molecule has 4 rings (SSSR count). The third kappa shape index (κ3) is 3.69. The van der Waals surface area contributed by atoms with Crippen molar-refractivity contribution >= 4 is 28.7 Å². The standard InChI is InChI=1S/C21H18FN5/c1-14(2)23-17-9-11-18(12-10-17)24-21-25-20-8-4-7-19(27(20)26-21)15-5-3-6-16(22)13-15/h3-13H,1-2H3,(H,24,26). The average Bonchev–Trinajstić information content (AvgIpc) is 3.05. The molecule has 0 bridgehead atoms. The number of pyridine rings is 1. The summed E-state index contributed by atoms with van der Waals surface area (Å²) in [7, 11) is 0. The molecule has 0 amide bonds. The summed E-state index contributed by atoms with van der Waals surface area (Å²) in [6.45, 7) is 3.92. The zero-order chi connectivity index (χ0) is 18.8. The van der Waals surface area contributed by atoms with Gasteiger partial charge in [-0.05, 0) is 62.4 Å². The van der Waals surface area contributed by atoms with Gasteiger partial charge < -0.3 is 5.32 Å². The molecule has 1 N–H and O–H groups in total. The summed E-state index contributed by atoms with van der Waals surface area (Å²) in [4.78, 5) is 8.92. The van der Waals surface area contributed by atoms with Crippen LogP contribution in [0.2, 0.25) is 0 Å². The Morgan fingerprint density at radius 3 is 2.52 bits per heavy atom. The Bertz CT molecular complexity index is 1120. The van der Waals surface area contributed by atoms with Crippen LogP contribution in [0.1, 0.15) is 13.8 Å². The lowest BCUT2D eigenvalue weighted by Gasteiger charge is -2.04. The van der Waals surface area contributed by atoms with Gasteiger partial charge in [-0.25, -0.2) is 8.91 Å². The number of halogens is 1. The van der Waals surface area contributed by atoms with Crippen molar-refractivity contribution < 1.29 is 4.39 Å². The summed E-state index contributed by atoms with van der Waals surface area (Å²) >= 11 is 0. The predicted octanol–water partition coefficient (Wildman–Crippen LogP) is 5.39. The molecule has 0 aliphatic rings. The maximum absolute atomic E-state index is 13.6. The number of hydrogen-bond donors (Lipinski definition) is 1. The fourth-order valence-electron chi connectivity index (χ4n) is 2.83. The minimum atomic E-state index is -0.284. The first-order chi connectivity index (χ1) is 13.1. The lowest BCUT2D eigenvalue weighted by Crippen LogP contribution is -1.96. The lowest BCUT2D eigenvalue weighted by atomic mass is 10.1. The van der Waals surface area contributed by atoms with Crippen LogP contribution in [-0.4, -0.2) is 20.3 Å². The fraction of sp³-hybridized carbons (Fsp3) is 0.0952. The van der Waals surface area contributed by atoms with Crippen molar-refractivity contribution in [2.24, 2.45) is 4.99 Å². The van der Waals surface area contributed by atoms with Crippen molar-refractivity contribution in [3.05, 3.63) is 72.5 Å². The number of nitrogens with one attached hydrogen (secondary N) is 1. The van der Waals surface area contributed by atoms with Gasteiger partial charge in [-0.15, -0.1) is 5.10 Å². The lowest BCUT2D eigenvalue weighted by molar-refractivity contribution is 0.628. The highest BCUT2D eigenvalue weighted by atomic mass is 19.1. The Balaban J connectivity index is 1.66. The molecular weight excluding hydrogens is 341 g/mol. The normalized spacial score (nSPS) is 10.8. The Hall–Kier alpha value is -3.54. The van der Waals surface area contributed by atoms with Crippen LogP contribution >= 0.6 is 0 Å². The molecular formula is C21H18FN5. The van der Waals surface area contributed by atoms with Gasteiger partial charge in [0.1, 0.15) is 5.82 Å². The van der Waals surface area contributed by atoms with Gasteiger partial charge in [-0.1, -0.05) is 18.2 Å². The van der Waals surface area contributed by atoms with Gasteiger partial charge >= 0.3 is 0 Å². The third-order valence-electron chi connectivity index (χ3n) is 3.96. The van der Waals surface area contributed by atoms with Gasteiger partial charge in [0.25, 0.3) is 0 Å². The SMILES string of the molecule is CC(C)=Nc1ccc(Nc2nc3cccc(-c4cccc(F)c4)n3n2)cc1. The summed E-state index contributed by atoms with van der Waals surface area (Å²) in [5, 5.41) is 7.73. The topological polar surface area (TPSA) is 54.6 Å². The molecule has 2 aromatic heterocycles. The zero-order valence-electron chi connectivity index (χ0n) is 15.0. The molecule has 5 nitrogen and oxygen atoms in total. The highest BCUT2D eigenvalue weighted by Gasteiger charge is 2.09. The van der Waals surface area contributed by atoms with Crippen molar-refractivity contribution in [3.8, 4) is 11.3 Å². The van der Waals surface area contributed by atoms with Crippen LogP contribution in [0, 0.1) is 5.82 Å². The van der Waals surface area contributed by atoms with E-state index in [0.717, 1.165) is 28.3 Å². The molecule has 0 fully saturated rings. The van der Waals surface area contributed by atoms with Gasteiger partial charge in [0.05, 0.1) is 11.4 Å². The number of anilines is 2. The minimum absolute atomic E-state index is 0.284. The van der Waals surface area contributed by atoms with Crippen LogP contribution < -0.4 is 5.32 Å². The number of fused-ring (bicyclic) bond motifs is 1. The number of aromatic nitrogens is 3. The summed E-state index contributed by atoms with van der Waals surface area (Å²) in [5.41, 5.74) is 4.97. The number of nitrogens with zero attached hydrogens (tertiary/aromatic N) is 4. The first kappa shape index (κ1) is 16.9. The first-order valence-corrected chi connectivity index (χ1v) is 8.59. The van der Waals surface area contributed by atoms with Crippen LogP contribution in [0.15, 0.2) is 71.7 Å². The first-order valence-electron chi connectivity index (χ1n) is 8.59. The van der Waals surface area contributed by atoms with Crippen LogP contribution in [0.3, 0.4) is 0 Å². The summed E-state index contributed by atoms with van der Waals surface area (Å²) in [6, 6.07) is 19.8. The van der Waals surface area contributed by atoms with Crippen LogP contribution in [-0.2, 0) is 0 Å². The van der Waals surface area contributed by atoms with E-state index in [2.05, 4.69) is 20.4 Å². The number of benzene rings is 2. The molecule has 2 aromatic carbocycles. The van der Waals surface area contributed by atoms with E-state index in [-0.39, 0.29) is 5.82 Å². The number of rotatable bonds is 4. The molecule has 0 unspecified atom stereocenters. The van der Waals surface area contributed by atoms with Crippen LogP contribution in [0.5, 0.6) is 0 Å². The number of hydrogen-bond acceptors (Lipinski definition) is 4. The molecule has 0 spiro atoms. The van der Waals surface area contributed by atoms with E-state index in [1.807, 2.05) is 62.4 Å². The van der Waals surface area contributed by atoms with E-state index in [4.69, 9.17) is 0 Å². The van der Waals surface area contributed by atoms with Gasteiger partial charge in [-0.3, -0.25) is 4.99 Å². The maximum Gasteiger partial charge on any atom is 0.247 e. The van der Waals surface area contributed by atoms with Crippen molar-refractivity contribution in [2.45, 2.75) is 13.8 Å². The highest BCUT2D eigenvalue weighted by Crippen LogP contribution is 2.23. The Morgan fingerprint density at radius 1 is 1.00 bits per heavy atom. The van der Waals surface area contributed by atoms with Gasteiger partial charge in [-0.2, -0.15) is 4.98 Å². The molecule has 0 saturated carbocycles. The van der Waals surface area contributed by atoms with Crippen molar-refractivity contribution in [1.82, 2.24) is 14.6 Å². The van der Waals surface area contributed by atoms with Crippen LogP contribution in [0.4, 0.5) is 21.7 Å². The van der Waals surface area contributed by atoms with E-state index in [0.29, 0.717) is 11.6 Å². The molecule has 6 heteroatoms. The Labute approximate surface area is 156 Å². The largest absolute Gasteiger partial charge is 0.323 e. The van der Waals surface area contributed by atoms with Crippen molar-refractivity contribution in [1.29, 1.82) is 0 Å². The second kappa shape index (κ2) is 6.99. The quantitative estimate of drug-likeness (QED) is 0.497. The average molecular weight is 359 g/mol. The maximum atomic E-state index is 13.6. The molecule has 2 heterocycles. The van der Waals surface area contributed by atoms with Gasteiger partial charge in [0.15, 0.2) is 5.65 Å². The van der Waals surface area contributed by atoms with E-state index in [9.17, 15) is 4.39 Å².